The number of aromatic nitrogens is 2. The van der Waals surface area contributed by atoms with Crippen LogP contribution in [-0.2, 0) is 6.42 Å². The molecule has 7 heteroatoms. The molecule has 0 aromatic carbocycles. The Balaban J connectivity index is 1.57. The molecule has 0 unspecified atom stereocenters. The summed E-state index contributed by atoms with van der Waals surface area (Å²) in [6.45, 7) is 2.27. The number of furan rings is 1. The van der Waals surface area contributed by atoms with Gasteiger partial charge in [-0.05, 0) is 47.9 Å². The minimum absolute atomic E-state index is 0.0188. The summed E-state index contributed by atoms with van der Waals surface area (Å²) in [4.78, 5) is 12.2. The van der Waals surface area contributed by atoms with Crippen LogP contribution in [0.5, 0.6) is 0 Å². The number of carbonyl (C=O) groups excluding carboxylic acids is 1. The van der Waals surface area contributed by atoms with Crippen molar-refractivity contribution in [1.29, 1.82) is 0 Å². The third-order valence-electron chi connectivity index (χ3n) is 3.73. The molecule has 3 aromatic heterocycles. The van der Waals surface area contributed by atoms with Gasteiger partial charge in [0.05, 0.1) is 0 Å². The van der Waals surface area contributed by atoms with Crippen molar-refractivity contribution >= 4 is 17.2 Å². The molecule has 1 amide bonds. The zero-order chi connectivity index (χ0) is 16.9. The van der Waals surface area contributed by atoms with E-state index in [2.05, 4.69) is 20.9 Å². The van der Waals surface area contributed by atoms with Crippen LogP contribution in [0.3, 0.4) is 0 Å². The molecule has 1 atom stereocenters. The quantitative estimate of drug-likeness (QED) is 0.614. The number of hydrogen-bond acceptors (Lipinski definition) is 5. The van der Waals surface area contributed by atoms with Gasteiger partial charge in [-0.25, -0.2) is 0 Å². The van der Waals surface area contributed by atoms with Crippen molar-refractivity contribution in [1.82, 2.24) is 15.5 Å². The fourth-order valence-electron chi connectivity index (χ4n) is 2.41. The highest BCUT2D eigenvalue weighted by molar-refractivity contribution is 7.07. The smallest absolute Gasteiger partial charge is 0.271 e. The number of nitrogens with one attached hydrogen (secondary N) is 2. The Hall–Kier alpha value is -2.38. The third-order valence-corrected chi connectivity index (χ3v) is 4.46. The van der Waals surface area contributed by atoms with Crippen molar-refractivity contribution in [3.8, 4) is 11.5 Å². The summed E-state index contributed by atoms with van der Waals surface area (Å²) in [5.74, 6) is 1.15. The van der Waals surface area contributed by atoms with Gasteiger partial charge in [0.15, 0.2) is 11.5 Å². The molecule has 0 spiro atoms. The molecule has 0 aliphatic rings. The van der Waals surface area contributed by atoms with E-state index in [1.165, 1.54) is 5.56 Å². The van der Waals surface area contributed by atoms with Gasteiger partial charge in [0.1, 0.15) is 11.5 Å². The van der Waals surface area contributed by atoms with E-state index in [1.807, 2.05) is 30.5 Å². The maximum absolute atomic E-state index is 12.2. The van der Waals surface area contributed by atoms with E-state index in [-0.39, 0.29) is 18.4 Å². The molecule has 3 heterocycles. The predicted octanol–water partition coefficient (Wildman–Crippen LogP) is 2.62. The lowest BCUT2D eigenvalue weighted by Gasteiger charge is -2.13. The van der Waals surface area contributed by atoms with Crippen molar-refractivity contribution < 1.29 is 14.3 Å². The van der Waals surface area contributed by atoms with E-state index < -0.39 is 0 Å². The summed E-state index contributed by atoms with van der Waals surface area (Å²) in [7, 11) is 0. The second kappa shape index (κ2) is 7.46. The van der Waals surface area contributed by atoms with Gasteiger partial charge < -0.3 is 14.8 Å². The van der Waals surface area contributed by atoms with Gasteiger partial charge in [-0.1, -0.05) is 0 Å². The molecular weight excluding hydrogens is 326 g/mol. The number of aryl methyl sites for hydroxylation is 1. The number of rotatable bonds is 7. The normalized spacial score (nSPS) is 12.2. The first-order valence-electron chi connectivity index (χ1n) is 7.68. The Morgan fingerprint density at radius 3 is 3.00 bits per heavy atom. The minimum Gasteiger partial charge on any atom is -0.460 e. The number of H-pyrrole nitrogens is 1. The van der Waals surface area contributed by atoms with Crippen molar-refractivity contribution in [3.63, 3.8) is 0 Å². The second-order valence-corrected chi connectivity index (χ2v) is 6.45. The number of hydrogen-bond donors (Lipinski definition) is 3. The van der Waals surface area contributed by atoms with E-state index in [0.717, 1.165) is 12.2 Å². The van der Waals surface area contributed by atoms with Gasteiger partial charge in [0.25, 0.3) is 5.91 Å². The summed E-state index contributed by atoms with van der Waals surface area (Å²) in [5, 5.41) is 23.2. The number of aliphatic hydroxyl groups excluding tert-OH is 1. The van der Waals surface area contributed by atoms with Crippen LogP contribution in [0.25, 0.3) is 11.5 Å². The van der Waals surface area contributed by atoms with Crippen molar-refractivity contribution in [2.24, 2.45) is 5.92 Å². The Kier molecular flexibility index (Phi) is 5.12. The Morgan fingerprint density at radius 2 is 2.33 bits per heavy atom. The number of carbonyl (C=O) groups is 1. The van der Waals surface area contributed by atoms with Crippen LogP contribution < -0.4 is 5.32 Å². The maximum Gasteiger partial charge on any atom is 0.271 e. The van der Waals surface area contributed by atoms with E-state index in [0.29, 0.717) is 23.7 Å². The van der Waals surface area contributed by atoms with Gasteiger partial charge in [-0.3, -0.25) is 9.89 Å². The molecule has 6 nitrogen and oxygen atoms in total. The summed E-state index contributed by atoms with van der Waals surface area (Å²) in [6.07, 6.45) is 0.734. The topological polar surface area (TPSA) is 91.1 Å². The van der Waals surface area contributed by atoms with E-state index in [9.17, 15) is 9.90 Å². The van der Waals surface area contributed by atoms with Gasteiger partial charge >= 0.3 is 0 Å². The highest BCUT2D eigenvalue weighted by atomic mass is 32.1. The Labute approximate surface area is 143 Å². The molecule has 0 aliphatic carbocycles. The molecular formula is C17H19N3O3S. The van der Waals surface area contributed by atoms with Crippen LogP contribution in [0.4, 0.5) is 0 Å². The van der Waals surface area contributed by atoms with E-state index in [4.69, 9.17) is 4.42 Å². The number of thiophene rings is 1. The molecule has 0 bridgehead atoms. The number of aromatic amines is 1. The lowest BCUT2D eigenvalue weighted by Crippen LogP contribution is -2.32. The molecule has 0 saturated carbocycles. The summed E-state index contributed by atoms with van der Waals surface area (Å²) >= 11 is 1.62. The van der Waals surface area contributed by atoms with Crippen LogP contribution in [0.2, 0.25) is 0 Å². The summed E-state index contributed by atoms with van der Waals surface area (Å²) in [6, 6.07) is 7.36. The molecule has 3 rings (SSSR count). The number of aliphatic hydroxyl groups is 1. The Morgan fingerprint density at radius 1 is 1.46 bits per heavy atom. The lowest BCUT2D eigenvalue weighted by atomic mass is 10.0. The highest BCUT2D eigenvalue weighted by Crippen LogP contribution is 2.20. The highest BCUT2D eigenvalue weighted by Gasteiger charge is 2.15. The average Bonchev–Trinajstić information content (AvgIpc) is 3.31. The third kappa shape index (κ3) is 3.93. The zero-order valence-electron chi connectivity index (χ0n) is 13.3. The SMILES string of the molecule is Cc1ccc(-c2cc(C(=O)NC[C@H](CO)Cc3ccsc3)n[nH]2)o1. The average molecular weight is 345 g/mol. The molecule has 0 fully saturated rings. The van der Waals surface area contributed by atoms with Crippen LogP contribution in [0.1, 0.15) is 21.8 Å². The van der Waals surface area contributed by atoms with Crippen LogP contribution in [0.15, 0.2) is 39.4 Å². The molecule has 0 aliphatic heterocycles. The summed E-state index contributed by atoms with van der Waals surface area (Å²) in [5.41, 5.74) is 2.13. The van der Waals surface area contributed by atoms with Gasteiger partial charge in [-0.2, -0.15) is 16.4 Å². The maximum atomic E-state index is 12.2. The predicted molar refractivity (Wildman–Crippen MR) is 92.0 cm³/mol. The first-order valence-corrected chi connectivity index (χ1v) is 8.62. The molecule has 24 heavy (non-hydrogen) atoms. The number of amides is 1. The van der Waals surface area contributed by atoms with E-state index >= 15 is 0 Å². The monoisotopic (exact) mass is 345 g/mol. The van der Waals surface area contributed by atoms with Gasteiger partial charge in [-0.15, -0.1) is 0 Å². The largest absolute Gasteiger partial charge is 0.460 e. The van der Waals surface area contributed by atoms with Gasteiger partial charge in [0.2, 0.25) is 0 Å². The van der Waals surface area contributed by atoms with Crippen LogP contribution in [-0.4, -0.2) is 34.4 Å². The lowest BCUT2D eigenvalue weighted by molar-refractivity contribution is 0.0935. The van der Waals surface area contributed by atoms with Crippen molar-refractivity contribution in [3.05, 3.63) is 52.0 Å². The Bertz CT molecular complexity index is 792. The second-order valence-electron chi connectivity index (χ2n) is 5.67. The van der Waals surface area contributed by atoms with E-state index in [1.54, 1.807) is 17.4 Å². The molecule has 3 N–H and O–H groups in total. The number of nitrogens with zero attached hydrogens (tertiary/aromatic N) is 1. The molecule has 3 aromatic rings. The van der Waals surface area contributed by atoms with Gasteiger partial charge in [0, 0.05) is 25.1 Å². The minimum atomic E-state index is -0.274. The first-order chi connectivity index (χ1) is 11.7. The first kappa shape index (κ1) is 16.5. The van der Waals surface area contributed by atoms with Crippen LogP contribution >= 0.6 is 11.3 Å². The zero-order valence-corrected chi connectivity index (χ0v) is 14.1. The molecule has 126 valence electrons. The summed E-state index contributed by atoms with van der Waals surface area (Å²) < 4.78 is 5.50. The van der Waals surface area contributed by atoms with Crippen molar-refractivity contribution in [2.45, 2.75) is 13.3 Å². The van der Waals surface area contributed by atoms with Crippen molar-refractivity contribution in [2.75, 3.05) is 13.2 Å². The molecule has 0 radical (unpaired) electrons. The van der Waals surface area contributed by atoms with Crippen LogP contribution in [0, 0.1) is 12.8 Å². The standard InChI is InChI=1S/C17H19N3O3S/c1-11-2-3-16(23-11)14-7-15(20-19-14)17(22)18-8-13(9-21)6-12-4-5-24-10-12/h2-5,7,10,13,21H,6,8-9H2,1H3,(H,18,22)(H,19,20)/t13-/m1/s1. The fourth-order valence-corrected chi connectivity index (χ4v) is 3.10. The molecule has 0 saturated heterocycles. The fraction of sp³-hybridized carbons (Fsp3) is 0.294.